The van der Waals surface area contributed by atoms with Crippen LogP contribution < -0.4 is 10.6 Å². The van der Waals surface area contributed by atoms with E-state index in [0.717, 1.165) is 19.3 Å². The van der Waals surface area contributed by atoms with Crippen molar-refractivity contribution in [3.05, 3.63) is 0 Å². The first-order valence-corrected chi connectivity index (χ1v) is 6.19. The maximum atomic E-state index is 11.6. The van der Waals surface area contributed by atoms with Gasteiger partial charge in [0.1, 0.15) is 0 Å². The van der Waals surface area contributed by atoms with Crippen LogP contribution >= 0.6 is 0 Å². The first-order chi connectivity index (χ1) is 8.15. The number of nitrogens with one attached hydrogen (secondary N) is 2. The Labute approximate surface area is 103 Å². The van der Waals surface area contributed by atoms with E-state index in [1.54, 1.807) is 7.11 Å². The van der Waals surface area contributed by atoms with Crippen molar-refractivity contribution in [3.8, 4) is 0 Å². The third-order valence-corrected chi connectivity index (χ3v) is 2.63. The number of rotatable bonds is 9. The fourth-order valence-electron chi connectivity index (χ4n) is 1.48. The summed E-state index contributed by atoms with van der Waals surface area (Å²) in [5, 5.41) is 5.36. The Hall–Kier alpha value is -1.10. The van der Waals surface area contributed by atoms with E-state index in [1.807, 2.05) is 13.8 Å². The molecular weight excluding hydrogens is 220 g/mol. The average Bonchev–Trinajstić information content (AvgIpc) is 2.33. The van der Waals surface area contributed by atoms with Crippen LogP contribution in [0.3, 0.4) is 0 Å². The highest BCUT2D eigenvalue weighted by atomic mass is 16.5. The minimum atomic E-state index is -0.152. The van der Waals surface area contributed by atoms with E-state index in [9.17, 15) is 9.59 Å². The zero-order chi connectivity index (χ0) is 13.1. The third kappa shape index (κ3) is 7.74. The molecule has 5 nitrogen and oxygen atoms in total. The maximum absolute atomic E-state index is 11.6. The lowest BCUT2D eigenvalue weighted by Gasteiger charge is -2.12. The van der Waals surface area contributed by atoms with Gasteiger partial charge in [0, 0.05) is 26.2 Å². The predicted molar refractivity (Wildman–Crippen MR) is 66.6 cm³/mol. The molecule has 0 aromatic rings. The van der Waals surface area contributed by atoms with E-state index >= 15 is 0 Å². The molecule has 0 saturated carbocycles. The summed E-state index contributed by atoms with van der Waals surface area (Å²) in [7, 11) is 1.62. The van der Waals surface area contributed by atoms with Crippen LogP contribution in [-0.4, -0.2) is 38.6 Å². The highest BCUT2D eigenvalue weighted by Crippen LogP contribution is 2.06. The lowest BCUT2D eigenvalue weighted by atomic mass is 10.0. The van der Waals surface area contributed by atoms with Gasteiger partial charge < -0.3 is 15.4 Å². The minimum absolute atomic E-state index is 0.0105. The van der Waals surface area contributed by atoms with Gasteiger partial charge in [-0.25, -0.2) is 0 Å². The molecule has 0 unspecified atom stereocenters. The Morgan fingerprint density at radius 2 is 1.82 bits per heavy atom. The molecule has 100 valence electrons. The van der Waals surface area contributed by atoms with E-state index in [2.05, 4.69) is 10.6 Å². The fraction of sp³-hybridized carbons (Fsp3) is 0.833. The van der Waals surface area contributed by atoms with Gasteiger partial charge >= 0.3 is 0 Å². The lowest BCUT2D eigenvalue weighted by molar-refractivity contribution is -0.128. The normalized spacial score (nSPS) is 10.4. The van der Waals surface area contributed by atoms with Crippen LogP contribution in [0.2, 0.25) is 0 Å². The summed E-state index contributed by atoms with van der Waals surface area (Å²) in [6, 6.07) is 0. The number of carbonyl (C=O) groups is 2. The Morgan fingerprint density at radius 1 is 1.18 bits per heavy atom. The number of hydrogen-bond donors (Lipinski definition) is 2. The SMILES string of the molecule is CCC(CC)C(=O)NCC(=O)NCCCOC. The number of methoxy groups -OCH3 is 1. The van der Waals surface area contributed by atoms with Crippen molar-refractivity contribution in [1.82, 2.24) is 10.6 Å². The van der Waals surface area contributed by atoms with Crippen molar-refractivity contribution in [1.29, 1.82) is 0 Å². The first kappa shape index (κ1) is 15.9. The van der Waals surface area contributed by atoms with Gasteiger partial charge in [-0.3, -0.25) is 9.59 Å². The van der Waals surface area contributed by atoms with Crippen molar-refractivity contribution >= 4 is 11.8 Å². The largest absolute Gasteiger partial charge is 0.385 e. The van der Waals surface area contributed by atoms with E-state index in [1.165, 1.54) is 0 Å². The molecule has 0 aliphatic heterocycles. The maximum Gasteiger partial charge on any atom is 0.239 e. The molecule has 0 atom stereocenters. The van der Waals surface area contributed by atoms with Crippen LogP contribution in [0, 0.1) is 5.92 Å². The van der Waals surface area contributed by atoms with Gasteiger partial charge in [-0.15, -0.1) is 0 Å². The van der Waals surface area contributed by atoms with Crippen LogP contribution in [0.15, 0.2) is 0 Å². The summed E-state index contributed by atoms with van der Waals surface area (Å²) >= 11 is 0. The van der Waals surface area contributed by atoms with Gasteiger partial charge in [0.05, 0.1) is 6.54 Å². The van der Waals surface area contributed by atoms with Crippen LogP contribution in [0.25, 0.3) is 0 Å². The van der Waals surface area contributed by atoms with Gasteiger partial charge in [-0.05, 0) is 19.3 Å². The lowest BCUT2D eigenvalue weighted by Crippen LogP contribution is -2.39. The van der Waals surface area contributed by atoms with Crippen molar-refractivity contribution < 1.29 is 14.3 Å². The second kappa shape index (κ2) is 10.1. The van der Waals surface area contributed by atoms with Gasteiger partial charge in [0.2, 0.25) is 11.8 Å². The summed E-state index contributed by atoms with van der Waals surface area (Å²) in [4.78, 5) is 22.9. The zero-order valence-corrected chi connectivity index (χ0v) is 11.0. The zero-order valence-electron chi connectivity index (χ0n) is 11.0. The van der Waals surface area contributed by atoms with Crippen LogP contribution in [0.4, 0.5) is 0 Å². The quantitative estimate of drug-likeness (QED) is 0.586. The molecule has 2 N–H and O–H groups in total. The number of ether oxygens (including phenoxy) is 1. The van der Waals surface area contributed by atoms with Crippen molar-refractivity contribution in [2.24, 2.45) is 5.92 Å². The Kier molecular flexibility index (Phi) is 9.43. The molecule has 17 heavy (non-hydrogen) atoms. The molecule has 0 aliphatic carbocycles. The average molecular weight is 244 g/mol. The fourth-order valence-corrected chi connectivity index (χ4v) is 1.48. The minimum Gasteiger partial charge on any atom is -0.385 e. The van der Waals surface area contributed by atoms with Gasteiger partial charge in [-0.2, -0.15) is 0 Å². The summed E-state index contributed by atoms with van der Waals surface area (Å²) in [6.07, 6.45) is 2.39. The topological polar surface area (TPSA) is 67.4 Å². The monoisotopic (exact) mass is 244 g/mol. The van der Waals surface area contributed by atoms with Crippen molar-refractivity contribution in [2.75, 3.05) is 26.8 Å². The van der Waals surface area contributed by atoms with Crippen molar-refractivity contribution in [2.45, 2.75) is 33.1 Å². The predicted octanol–water partition coefficient (Wildman–Crippen LogP) is 0.691. The van der Waals surface area contributed by atoms with Gasteiger partial charge in [0.15, 0.2) is 0 Å². The van der Waals surface area contributed by atoms with E-state index in [4.69, 9.17) is 4.74 Å². The highest BCUT2D eigenvalue weighted by molar-refractivity contribution is 5.85. The first-order valence-electron chi connectivity index (χ1n) is 6.19. The highest BCUT2D eigenvalue weighted by Gasteiger charge is 2.14. The van der Waals surface area contributed by atoms with Crippen molar-refractivity contribution in [3.63, 3.8) is 0 Å². The summed E-state index contributed by atoms with van der Waals surface area (Å²) in [5.41, 5.74) is 0. The molecule has 0 aromatic heterocycles. The molecule has 0 spiro atoms. The molecule has 0 aromatic carbocycles. The molecular formula is C12H24N2O3. The summed E-state index contributed by atoms with van der Waals surface area (Å²) in [6.45, 7) is 5.20. The Bertz CT molecular complexity index is 228. The molecule has 0 bridgehead atoms. The molecule has 0 radical (unpaired) electrons. The van der Waals surface area contributed by atoms with Crippen LogP contribution in [0.5, 0.6) is 0 Å². The molecule has 0 fully saturated rings. The van der Waals surface area contributed by atoms with Gasteiger partial charge in [0.25, 0.3) is 0 Å². The second-order valence-electron chi connectivity index (χ2n) is 3.93. The molecule has 0 saturated heterocycles. The number of hydrogen-bond acceptors (Lipinski definition) is 3. The van der Waals surface area contributed by atoms with E-state index in [-0.39, 0.29) is 24.3 Å². The molecule has 5 heteroatoms. The molecule has 0 rings (SSSR count). The number of amides is 2. The molecule has 0 heterocycles. The second-order valence-corrected chi connectivity index (χ2v) is 3.93. The standard InChI is InChI=1S/C12H24N2O3/c1-4-10(5-2)12(16)14-9-11(15)13-7-6-8-17-3/h10H,4-9H2,1-3H3,(H,13,15)(H,14,16). The molecule has 0 aliphatic rings. The van der Waals surface area contributed by atoms with Crippen LogP contribution in [-0.2, 0) is 14.3 Å². The Balaban J connectivity index is 3.65. The summed E-state index contributed by atoms with van der Waals surface area (Å²) < 4.78 is 4.86. The Morgan fingerprint density at radius 3 is 2.35 bits per heavy atom. The summed E-state index contributed by atoms with van der Waals surface area (Å²) in [5.74, 6) is -0.182. The van der Waals surface area contributed by atoms with E-state index < -0.39 is 0 Å². The smallest absolute Gasteiger partial charge is 0.239 e. The van der Waals surface area contributed by atoms with Crippen LogP contribution in [0.1, 0.15) is 33.1 Å². The van der Waals surface area contributed by atoms with Gasteiger partial charge in [-0.1, -0.05) is 13.8 Å². The number of carbonyl (C=O) groups excluding carboxylic acids is 2. The third-order valence-electron chi connectivity index (χ3n) is 2.63. The van der Waals surface area contributed by atoms with E-state index in [0.29, 0.717) is 13.2 Å². The molecule has 2 amide bonds.